The Morgan fingerprint density at radius 1 is 1.39 bits per heavy atom. The maximum absolute atomic E-state index is 13.3. The third-order valence-electron chi connectivity index (χ3n) is 4.63. The van der Waals surface area contributed by atoms with Crippen LogP contribution in [-0.2, 0) is 13.2 Å². The zero-order chi connectivity index (χ0) is 20.3. The van der Waals surface area contributed by atoms with Gasteiger partial charge in [0.25, 0.3) is 5.91 Å². The highest BCUT2D eigenvalue weighted by atomic mass is 19.1. The van der Waals surface area contributed by atoms with E-state index in [0.717, 1.165) is 17.8 Å². The number of rotatable bonds is 7. The van der Waals surface area contributed by atoms with Crippen molar-refractivity contribution in [3.63, 3.8) is 0 Å². The molecular weight excluding hydrogens is 363 g/mol. The van der Waals surface area contributed by atoms with Crippen LogP contribution in [0.25, 0.3) is 0 Å². The van der Waals surface area contributed by atoms with Crippen LogP contribution in [0.5, 0.6) is 5.75 Å². The van der Waals surface area contributed by atoms with Crippen LogP contribution in [0.2, 0.25) is 0 Å². The number of aromatic nitrogens is 3. The van der Waals surface area contributed by atoms with Gasteiger partial charge in [-0.1, -0.05) is 11.2 Å². The number of amides is 1. The lowest BCUT2D eigenvalue weighted by Gasteiger charge is -2.14. The molecule has 0 radical (unpaired) electrons. The number of hydrogen-bond acceptors (Lipinski definition) is 5. The monoisotopic (exact) mass is 386 g/mol. The molecule has 0 bridgehead atoms. The van der Waals surface area contributed by atoms with Crippen LogP contribution in [0.1, 0.15) is 53.0 Å². The molecule has 8 heteroatoms. The summed E-state index contributed by atoms with van der Waals surface area (Å²) in [4.78, 5) is 12.7. The fourth-order valence-electron chi connectivity index (χ4n) is 3.00. The maximum atomic E-state index is 13.3. The van der Waals surface area contributed by atoms with Gasteiger partial charge in [0.15, 0.2) is 5.69 Å². The lowest BCUT2D eigenvalue weighted by atomic mass is 10.1. The molecule has 0 saturated heterocycles. The Hall–Kier alpha value is -3.16. The average Bonchev–Trinajstić information content (AvgIpc) is 3.22. The van der Waals surface area contributed by atoms with E-state index in [2.05, 4.69) is 15.6 Å². The molecule has 0 spiro atoms. The van der Waals surface area contributed by atoms with E-state index in [4.69, 9.17) is 9.26 Å². The Bertz CT molecular complexity index is 980. The van der Waals surface area contributed by atoms with Crippen molar-refractivity contribution in [2.45, 2.75) is 46.9 Å². The molecule has 1 unspecified atom stereocenters. The third-order valence-corrected chi connectivity index (χ3v) is 4.63. The number of carbonyl (C=O) groups excluding carboxylic acids is 1. The van der Waals surface area contributed by atoms with Crippen molar-refractivity contribution >= 4 is 5.91 Å². The van der Waals surface area contributed by atoms with Crippen LogP contribution in [-0.4, -0.2) is 20.8 Å². The molecule has 2 aromatic heterocycles. The molecule has 1 atom stereocenters. The highest BCUT2D eigenvalue weighted by Crippen LogP contribution is 2.21. The van der Waals surface area contributed by atoms with E-state index < -0.39 is 5.82 Å². The maximum Gasteiger partial charge on any atom is 0.274 e. The fourth-order valence-corrected chi connectivity index (χ4v) is 3.00. The van der Waals surface area contributed by atoms with Gasteiger partial charge in [-0.2, -0.15) is 5.10 Å². The molecule has 1 amide bonds. The number of halogens is 1. The molecule has 0 aliphatic rings. The van der Waals surface area contributed by atoms with Crippen LogP contribution < -0.4 is 10.1 Å². The molecule has 0 aliphatic heterocycles. The first-order valence-electron chi connectivity index (χ1n) is 9.07. The van der Waals surface area contributed by atoms with Crippen LogP contribution in [0.4, 0.5) is 4.39 Å². The van der Waals surface area contributed by atoms with Gasteiger partial charge in [0.05, 0.1) is 17.8 Å². The predicted molar refractivity (Wildman–Crippen MR) is 100 cm³/mol. The second kappa shape index (κ2) is 8.24. The van der Waals surface area contributed by atoms with Gasteiger partial charge >= 0.3 is 0 Å². The molecule has 0 aliphatic carbocycles. The summed E-state index contributed by atoms with van der Waals surface area (Å²) < 4.78 is 26.0. The normalized spacial score (nSPS) is 12.0. The molecule has 0 saturated carbocycles. The molecule has 7 nitrogen and oxygen atoms in total. The standard InChI is InChI=1S/C20H23FN4O3/c1-5-25-13(3)17(10-22-25)12(2)23-20(26)19-18(14(4)28-24-19)11-27-16-8-6-7-15(21)9-16/h6-10,12H,5,11H2,1-4H3,(H,23,26). The predicted octanol–water partition coefficient (Wildman–Crippen LogP) is 3.72. The summed E-state index contributed by atoms with van der Waals surface area (Å²) in [5, 5.41) is 11.1. The molecule has 3 rings (SSSR count). The largest absolute Gasteiger partial charge is 0.489 e. The van der Waals surface area contributed by atoms with Gasteiger partial charge in [-0.05, 0) is 39.8 Å². The minimum Gasteiger partial charge on any atom is -0.489 e. The highest BCUT2D eigenvalue weighted by molar-refractivity contribution is 5.94. The number of hydrogen-bond donors (Lipinski definition) is 1. The minimum absolute atomic E-state index is 0.0444. The van der Waals surface area contributed by atoms with Gasteiger partial charge in [-0.3, -0.25) is 9.48 Å². The molecule has 0 fully saturated rings. The lowest BCUT2D eigenvalue weighted by molar-refractivity contribution is 0.0928. The molecule has 2 heterocycles. The van der Waals surface area contributed by atoms with Crippen LogP contribution in [0.15, 0.2) is 35.0 Å². The summed E-state index contributed by atoms with van der Waals surface area (Å²) in [6.45, 7) is 8.37. The quantitative estimate of drug-likeness (QED) is 0.669. The van der Waals surface area contributed by atoms with E-state index in [-0.39, 0.29) is 24.2 Å². The SMILES string of the molecule is CCn1ncc(C(C)NC(=O)c2noc(C)c2COc2cccc(F)c2)c1C. The van der Waals surface area contributed by atoms with Gasteiger partial charge in [-0.25, -0.2) is 4.39 Å². The van der Waals surface area contributed by atoms with E-state index in [1.165, 1.54) is 12.1 Å². The van der Waals surface area contributed by atoms with E-state index in [9.17, 15) is 9.18 Å². The van der Waals surface area contributed by atoms with Crippen molar-refractivity contribution < 1.29 is 18.4 Å². The number of aryl methyl sites for hydroxylation is 2. The molecule has 28 heavy (non-hydrogen) atoms. The highest BCUT2D eigenvalue weighted by Gasteiger charge is 2.23. The second-order valence-electron chi connectivity index (χ2n) is 6.51. The molecular formula is C20H23FN4O3. The first-order chi connectivity index (χ1) is 13.4. The van der Waals surface area contributed by atoms with Crippen molar-refractivity contribution in [3.05, 3.63) is 64.6 Å². The molecule has 148 valence electrons. The zero-order valence-electron chi connectivity index (χ0n) is 16.3. The summed E-state index contributed by atoms with van der Waals surface area (Å²) in [7, 11) is 0. The van der Waals surface area contributed by atoms with Gasteiger partial charge in [0.2, 0.25) is 0 Å². The van der Waals surface area contributed by atoms with Crippen LogP contribution in [0, 0.1) is 19.7 Å². The van der Waals surface area contributed by atoms with Gasteiger partial charge in [0.1, 0.15) is 23.9 Å². The Morgan fingerprint density at radius 3 is 2.86 bits per heavy atom. The van der Waals surface area contributed by atoms with Gasteiger partial charge in [-0.15, -0.1) is 0 Å². The summed E-state index contributed by atoms with van der Waals surface area (Å²) in [5.41, 5.74) is 2.62. The first kappa shape index (κ1) is 19.6. The van der Waals surface area contributed by atoms with Crippen LogP contribution >= 0.6 is 0 Å². The zero-order valence-corrected chi connectivity index (χ0v) is 16.3. The number of nitrogens with one attached hydrogen (secondary N) is 1. The van der Waals surface area contributed by atoms with Crippen molar-refractivity contribution in [1.29, 1.82) is 0 Å². The van der Waals surface area contributed by atoms with Gasteiger partial charge < -0.3 is 14.6 Å². The number of carbonyl (C=O) groups is 1. The number of benzene rings is 1. The van der Waals surface area contributed by atoms with E-state index in [0.29, 0.717) is 17.1 Å². The van der Waals surface area contributed by atoms with Crippen LogP contribution in [0.3, 0.4) is 0 Å². The number of nitrogens with zero attached hydrogens (tertiary/aromatic N) is 3. The first-order valence-corrected chi connectivity index (χ1v) is 9.07. The summed E-state index contributed by atoms with van der Waals surface area (Å²) in [6, 6.07) is 5.56. The van der Waals surface area contributed by atoms with E-state index in [1.54, 1.807) is 25.3 Å². The van der Waals surface area contributed by atoms with Crippen molar-refractivity contribution in [3.8, 4) is 5.75 Å². The van der Waals surface area contributed by atoms with Crippen molar-refractivity contribution in [2.24, 2.45) is 0 Å². The topological polar surface area (TPSA) is 82.2 Å². The Morgan fingerprint density at radius 2 is 2.18 bits per heavy atom. The van der Waals surface area contributed by atoms with Crippen molar-refractivity contribution in [1.82, 2.24) is 20.3 Å². The van der Waals surface area contributed by atoms with E-state index in [1.807, 2.05) is 25.5 Å². The van der Waals surface area contributed by atoms with Gasteiger partial charge in [0, 0.05) is 23.9 Å². The summed E-state index contributed by atoms with van der Waals surface area (Å²) >= 11 is 0. The smallest absolute Gasteiger partial charge is 0.274 e. The van der Waals surface area contributed by atoms with E-state index >= 15 is 0 Å². The minimum atomic E-state index is -0.394. The summed E-state index contributed by atoms with van der Waals surface area (Å²) in [5.74, 6) is 0.0762. The lowest BCUT2D eigenvalue weighted by Crippen LogP contribution is -2.28. The Balaban J connectivity index is 1.72. The second-order valence-corrected chi connectivity index (χ2v) is 6.51. The third kappa shape index (κ3) is 4.05. The fraction of sp³-hybridized carbons (Fsp3) is 0.350. The summed E-state index contributed by atoms with van der Waals surface area (Å²) in [6.07, 6.45) is 1.76. The Labute approximate surface area is 162 Å². The molecule has 1 aromatic carbocycles. The Kier molecular flexibility index (Phi) is 5.77. The number of ether oxygens (including phenoxy) is 1. The molecule has 3 aromatic rings. The molecule has 1 N–H and O–H groups in total. The average molecular weight is 386 g/mol. The van der Waals surface area contributed by atoms with Crippen molar-refractivity contribution in [2.75, 3.05) is 0 Å².